The standard InChI is InChI=1S/C9H10ClN3O2S/c1-4-3-16-9-12-8(10)7(13(4)9)5(11)2-6(14)15/h3,5H,2,11H2,1H3,(H,14,15). The normalized spacial score (nSPS) is 13.2. The number of carboxylic acid groups (broad SMARTS) is 1. The lowest BCUT2D eigenvalue weighted by Crippen LogP contribution is -2.17. The minimum Gasteiger partial charge on any atom is -0.481 e. The van der Waals surface area contributed by atoms with Crippen LogP contribution < -0.4 is 5.73 Å². The van der Waals surface area contributed by atoms with Gasteiger partial charge in [-0.15, -0.1) is 11.3 Å². The predicted molar refractivity (Wildman–Crippen MR) is 62.0 cm³/mol. The van der Waals surface area contributed by atoms with Gasteiger partial charge >= 0.3 is 5.97 Å². The molecule has 0 saturated heterocycles. The largest absolute Gasteiger partial charge is 0.481 e. The molecule has 0 aromatic carbocycles. The number of aromatic nitrogens is 2. The van der Waals surface area contributed by atoms with Crippen LogP contribution in [0, 0.1) is 6.92 Å². The Balaban J connectivity index is 2.53. The first kappa shape index (κ1) is 11.4. The van der Waals surface area contributed by atoms with Crippen molar-refractivity contribution in [2.75, 3.05) is 0 Å². The highest BCUT2D eigenvalue weighted by Crippen LogP contribution is 2.28. The molecule has 2 rings (SSSR count). The van der Waals surface area contributed by atoms with Crippen LogP contribution in [0.25, 0.3) is 4.96 Å². The summed E-state index contributed by atoms with van der Waals surface area (Å²) in [5.41, 5.74) is 7.34. The van der Waals surface area contributed by atoms with Crippen molar-refractivity contribution in [3.05, 3.63) is 21.9 Å². The van der Waals surface area contributed by atoms with Gasteiger partial charge in [0.1, 0.15) is 0 Å². The Morgan fingerprint density at radius 3 is 3.12 bits per heavy atom. The zero-order valence-electron chi connectivity index (χ0n) is 8.48. The van der Waals surface area contributed by atoms with Crippen molar-refractivity contribution in [3.8, 4) is 0 Å². The summed E-state index contributed by atoms with van der Waals surface area (Å²) in [6, 6.07) is -0.645. The van der Waals surface area contributed by atoms with Crippen LogP contribution in [0.5, 0.6) is 0 Å². The van der Waals surface area contributed by atoms with Gasteiger partial charge in [-0.05, 0) is 6.92 Å². The SMILES string of the molecule is Cc1csc2nc(Cl)c(C(N)CC(=O)O)n12. The number of nitrogens with two attached hydrogens (primary N) is 1. The molecule has 0 aliphatic carbocycles. The van der Waals surface area contributed by atoms with E-state index in [-0.39, 0.29) is 11.6 Å². The van der Waals surface area contributed by atoms with Gasteiger partial charge in [0, 0.05) is 11.1 Å². The maximum absolute atomic E-state index is 10.6. The monoisotopic (exact) mass is 259 g/mol. The van der Waals surface area contributed by atoms with Crippen molar-refractivity contribution in [1.29, 1.82) is 0 Å². The Kier molecular flexibility index (Phi) is 2.88. The molecule has 7 heteroatoms. The van der Waals surface area contributed by atoms with E-state index < -0.39 is 12.0 Å². The highest BCUT2D eigenvalue weighted by atomic mass is 35.5. The lowest BCUT2D eigenvalue weighted by Gasteiger charge is -2.09. The van der Waals surface area contributed by atoms with E-state index in [9.17, 15) is 4.79 Å². The average molecular weight is 260 g/mol. The number of fused-ring (bicyclic) bond motifs is 1. The number of aryl methyl sites for hydroxylation is 1. The fourth-order valence-electron chi connectivity index (χ4n) is 1.60. The van der Waals surface area contributed by atoms with Crippen LogP contribution >= 0.6 is 22.9 Å². The number of aliphatic carboxylic acids is 1. The van der Waals surface area contributed by atoms with Crippen LogP contribution in [0.1, 0.15) is 23.9 Å². The number of imidazole rings is 1. The van der Waals surface area contributed by atoms with Crippen molar-refractivity contribution >= 4 is 33.9 Å². The van der Waals surface area contributed by atoms with Crippen molar-refractivity contribution in [3.63, 3.8) is 0 Å². The van der Waals surface area contributed by atoms with Gasteiger partial charge in [0.05, 0.1) is 18.2 Å². The molecule has 16 heavy (non-hydrogen) atoms. The molecule has 0 aliphatic rings. The van der Waals surface area contributed by atoms with E-state index in [1.807, 2.05) is 12.3 Å². The van der Waals surface area contributed by atoms with Gasteiger partial charge in [-0.3, -0.25) is 9.20 Å². The lowest BCUT2D eigenvalue weighted by molar-refractivity contribution is -0.137. The molecule has 0 aliphatic heterocycles. The predicted octanol–water partition coefficient (Wildman–Crippen LogP) is 1.83. The number of nitrogens with zero attached hydrogens (tertiary/aromatic N) is 2. The fourth-order valence-corrected chi connectivity index (χ4v) is 2.83. The molecule has 2 heterocycles. The van der Waals surface area contributed by atoms with Gasteiger partial charge in [0.25, 0.3) is 0 Å². The van der Waals surface area contributed by atoms with Crippen molar-refractivity contribution in [2.45, 2.75) is 19.4 Å². The highest BCUT2D eigenvalue weighted by Gasteiger charge is 2.21. The Bertz CT molecular complexity index is 548. The van der Waals surface area contributed by atoms with Crippen LogP contribution in [-0.4, -0.2) is 20.5 Å². The Hall–Kier alpha value is -1.11. The van der Waals surface area contributed by atoms with Crippen molar-refractivity contribution < 1.29 is 9.90 Å². The van der Waals surface area contributed by atoms with E-state index in [0.29, 0.717) is 5.69 Å². The number of hydrogen-bond acceptors (Lipinski definition) is 4. The Labute approximate surface area is 100 Å². The van der Waals surface area contributed by atoms with E-state index >= 15 is 0 Å². The third-order valence-electron chi connectivity index (χ3n) is 2.27. The molecule has 0 spiro atoms. The number of thiazole rings is 1. The minimum absolute atomic E-state index is 0.164. The maximum Gasteiger partial charge on any atom is 0.305 e. The number of carbonyl (C=O) groups is 1. The zero-order valence-corrected chi connectivity index (χ0v) is 10.0. The minimum atomic E-state index is -0.952. The van der Waals surface area contributed by atoms with Crippen LogP contribution in [0.3, 0.4) is 0 Å². The van der Waals surface area contributed by atoms with Gasteiger partial charge in [-0.25, -0.2) is 4.98 Å². The fraction of sp³-hybridized carbons (Fsp3) is 0.333. The van der Waals surface area contributed by atoms with Crippen LogP contribution in [0.4, 0.5) is 0 Å². The summed E-state index contributed by atoms with van der Waals surface area (Å²) >= 11 is 7.41. The molecule has 3 N–H and O–H groups in total. The van der Waals surface area contributed by atoms with Gasteiger partial charge in [-0.1, -0.05) is 11.6 Å². The van der Waals surface area contributed by atoms with Crippen molar-refractivity contribution in [2.24, 2.45) is 5.73 Å². The van der Waals surface area contributed by atoms with E-state index in [1.54, 1.807) is 4.40 Å². The number of rotatable bonds is 3. The molecule has 0 amide bonds. The molecule has 0 fully saturated rings. The first-order chi connectivity index (χ1) is 7.50. The van der Waals surface area contributed by atoms with E-state index in [4.69, 9.17) is 22.4 Å². The number of hydrogen-bond donors (Lipinski definition) is 2. The third-order valence-corrected chi connectivity index (χ3v) is 3.49. The summed E-state index contributed by atoms with van der Waals surface area (Å²) in [4.78, 5) is 15.5. The third kappa shape index (κ3) is 1.79. The first-order valence-corrected chi connectivity index (χ1v) is 5.85. The van der Waals surface area contributed by atoms with E-state index in [2.05, 4.69) is 4.98 Å². The van der Waals surface area contributed by atoms with Gasteiger partial charge < -0.3 is 10.8 Å². The van der Waals surface area contributed by atoms with Gasteiger partial charge in [0.15, 0.2) is 10.1 Å². The summed E-state index contributed by atoms with van der Waals surface area (Å²) < 4.78 is 1.81. The maximum atomic E-state index is 10.6. The zero-order chi connectivity index (χ0) is 11.9. The topological polar surface area (TPSA) is 80.6 Å². The smallest absolute Gasteiger partial charge is 0.305 e. The summed E-state index contributed by atoms with van der Waals surface area (Å²) in [5.74, 6) is -0.952. The molecular formula is C9H10ClN3O2S. The van der Waals surface area contributed by atoms with Gasteiger partial charge in [-0.2, -0.15) is 0 Å². The van der Waals surface area contributed by atoms with Crippen LogP contribution in [-0.2, 0) is 4.79 Å². The second-order valence-electron chi connectivity index (χ2n) is 3.49. The quantitative estimate of drug-likeness (QED) is 0.881. The van der Waals surface area contributed by atoms with E-state index in [0.717, 1.165) is 10.7 Å². The molecule has 2 aromatic rings. The Morgan fingerprint density at radius 2 is 2.50 bits per heavy atom. The van der Waals surface area contributed by atoms with Crippen LogP contribution in [0.2, 0.25) is 5.15 Å². The van der Waals surface area contributed by atoms with Gasteiger partial charge in [0.2, 0.25) is 0 Å². The molecule has 2 aromatic heterocycles. The summed E-state index contributed by atoms with van der Waals surface area (Å²) in [6.07, 6.45) is -0.164. The first-order valence-electron chi connectivity index (χ1n) is 4.60. The highest BCUT2D eigenvalue weighted by molar-refractivity contribution is 7.15. The summed E-state index contributed by atoms with van der Waals surface area (Å²) in [7, 11) is 0. The van der Waals surface area contributed by atoms with Crippen molar-refractivity contribution in [1.82, 2.24) is 9.38 Å². The number of carboxylic acids is 1. The second-order valence-corrected chi connectivity index (χ2v) is 4.68. The summed E-state index contributed by atoms with van der Waals surface area (Å²) in [5, 5.41) is 10.9. The van der Waals surface area contributed by atoms with E-state index in [1.165, 1.54) is 11.3 Å². The Morgan fingerprint density at radius 1 is 1.81 bits per heavy atom. The molecule has 0 bridgehead atoms. The summed E-state index contributed by atoms with van der Waals surface area (Å²) in [6.45, 7) is 1.90. The van der Waals surface area contributed by atoms with Crippen LogP contribution in [0.15, 0.2) is 5.38 Å². The molecule has 0 saturated carbocycles. The lowest BCUT2D eigenvalue weighted by atomic mass is 10.1. The number of halogens is 1. The molecule has 1 unspecified atom stereocenters. The molecule has 0 radical (unpaired) electrons. The molecule has 1 atom stereocenters. The molecule has 86 valence electrons. The second kappa shape index (κ2) is 4.04. The average Bonchev–Trinajstić information content (AvgIpc) is 2.65. The molecular weight excluding hydrogens is 250 g/mol. The molecule has 5 nitrogen and oxygen atoms in total.